The summed E-state index contributed by atoms with van der Waals surface area (Å²) in [5.41, 5.74) is 2.05. The molecule has 2 aromatic carbocycles. The molecule has 24 heavy (non-hydrogen) atoms. The van der Waals surface area contributed by atoms with Crippen molar-refractivity contribution in [1.29, 1.82) is 0 Å². The molecule has 120 valence electrons. The van der Waals surface area contributed by atoms with E-state index in [9.17, 15) is 14.9 Å². The molecule has 0 saturated carbocycles. The van der Waals surface area contributed by atoms with Crippen molar-refractivity contribution in [2.45, 2.75) is 6.92 Å². The van der Waals surface area contributed by atoms with Crippen LogP contribution in [-0.2, 0) is 4.79 Å². The molecule has 0 atom stereocenters. The zero-order valence-electron chi connectivity index (χ0n) is 12.6. The number of hydrogen-bond acceptors (Lipinski definition) is 5. The summed E-state index contributed by atoms with van der Waals surface area (Å²) in [7, 11) is 0. The molecule has 1 heterocycles. The topological polar surface area (TPSA) is 63.5 Å². The van der Waals surface area contributed by atoms with Crippen LogP contribution >= 0.6 is 24.0 Å². The molecule has 1 aliphatic rings. The number of thiocarbonyl (C=S) groups is 1. The molecule has 2 aromatic rings. The second kappa shape index (κ2) is 6.54. The number of hydrogen-bond donors (Lipinski definition) is 0. The highest BCUT2D eigenvalue weighted by atomic mass is 32.2. The van der Waals surface area contributed by atoms with E-state index in [1.807, 2.05) is 31.2 Å². The Morgan fingerprint density at radius 2 is 1.96 bits per heavy atom. The Labute approximate surface area is 148 Å². The van der Waals surface area contributed by atoms with Gasteiger partial charge in [-0.3, -0.25) is 19.8 Å². The molecule has 0 spiro atoms. The second-order valence-electron chi connectivity index (χ2n) is 5.17. The van der Waals surface area contributed by atoms with Crippen LogP contribution < -0.4 is 4.90 Å². The Bertz CT molecular complexity index is 893. The Morgan fingerprint density at radius 1 is 1.21 bits per heavy atom. The van der Waals surface area contributed by atoms with Gasteiger partial charge in [0.15, 0.2) is 4.32 Å². The largest absolute Gasteiger partial charge is 0.276 e. The smallest absolute Gasteiger partial charge is 0.268 e. The quantitative estimate of drug-likeness (QED) is 0.355. The summed E-state index contributed by atoms with van der Waals surface area (Å²) >= 11 is 6.46. The normalized spacial score (nSPS) is 16.0. The maximum atomic E-state index is 12.7. The summed E-state index contributed by atoms with van der Waals surface area (Å²) in [6.07, 6.45) is 1.52. The molecule has 0 unspecified atom stereocenters. The minimum absolute atomic E-state index is 0.0432. The number of nitro groups is 1. The van der Waals surface area contributed by atoms with Crippen molar-refractivity contribution in [2.24, 2.45) is 0 Å². The number of nitrogens with zero attached hydrogens (tertiary/aromatic N) is 2. The van der Waals surface area contributed by atoms with Crippen molar-refractivity contribution in [2.75, 3.05) is 4.90 Å². The molecule has 1 aliphatic heterocycles. The maximum absolute atomic E-state index is 12.7. The van der Waals surface area contributed by atoms with Gasteiger partial charge < -0.3 is 0 Å². The van der Waals surface area contributed by atoms with Crippen molar-refractivity contribution in [3.63, 3.8) is 0 Å². The van der Waals surface area contributed by atoms with Crippen LogP contribution in [0.5, 0.6) is 0 Å². The van der Waals surface area contributed by atoms with E-state index in [1.54, 1.807) is 18.2 Å². The molecule has 7 heteroatoms. The van der Waals surface area contributed by atoms with Crippen LogP contribution in [0.15, 0.2) is 53.4 Å². The first-order valence-electron chi connectivity index (χ1n) is 7.05. The van der Waals surface area contributed by atoms with E-state index in [0.717, 1.165) is 17.3 Å². The lowest BCUT2D eigenvalue weighted by atomic mass is 10.1. The van der Waals surface area contributed by atoms with Gasteiger partial charge in [-0.2, -0.15) is 0 Å². The maximum Gasteiger partial charge on any atom is 0.276 e. The monoisotopic (exact) mass is 356 g/mol. The van der Waals surface area contributed by atoms with Crippen LogP contribution in [0.1, 0.15) is 11.1 Å². The van der Waals surface area contributed by atoms with E-state index in [2.05, 4.69) is 0 Å². The fourth-order valence-electron chi connectivity index (χ4n) is 2.37. The second-order valence-corrected chi connectivity index (χ2v) is 6.85. The molecule has 1 amide bonds. The lowest BCUT2D eigenvalue weighted by Crippen LogP contribution is -2.27. The van der Waals surface area contributed by atoms with Crippen LogP contribution in [0.25, 0.3) is 6.08 Å². The molecular weight excluding hydrogens is 344 g/mol. The number of amides is 1. The minimum atomic E-state index is -0.465. The number of rotatable bonds is 3. The molecule has 0 N–H and O–H groups in total. The number of benzene rings is 2. The Kier molecular flexibility index (Phi) is 4.46. The average molecular weight is 356 g/mol. The van der Waals surface area contributed by atoms with Crippen molar-refractivity contribution in [3.05, 3.63) is 74.7 Å². The Balaban J connectivity index is 1.99. The number of nitro benzene ring substituents is 1. The first kappa shape index (κ1) is 16.4. The van der Waals surface area contributed by atoms with Gasteiger partial charge in [-0.25, -0.2) is 0 Å². The van der Waals surface area contributed by atoms with E-state index < -0.39 is 4.92 Å². The first-order valence-corrected chi connectivity index (χ1v) is 8.28. The average Bonchev–Trinajstić information content (AvgIpc) is 2.81. The van der Waals surface area contributed by atoms with Gasteiger partial charge in [0.1, 0.15) is 0 Å². The van der Waals surface area contributed by atoms with Gasteiger partial charge in [-0.05, 0) is 36.8 Å². The third-order valence-electron chi connectivity index (χ3n) is 3.47. The van der Waals surface area contributed by atoms with Crippen molar-refractivity contribution in [1.82, 2.24) is 0 Å². The van der Waals surface area contributed by atoms with Crippen LogP contribution in [0.2, 0.25) is 0 Å². The molecule has 3 rings (SSSR count). The van der Waals surface area contributed by atoms with Gasteiger partial charge >= 0.3 is 0 Å². The zero-order valence-corrected chi connectivity index (χ0v) is 14.3. The molecular formula is C17H12N2O3S2. The van der Waals surface area contributed by atoms with E-state index in [0.29, 0.717) is 20.5 Å². The lowest BCUT2D eigenvalue weighted by Gasteiger charge is -2.14. The predicted molar refractivity (Wildman–Crippen MR) is 99.9 cm³/mol. The minimum Gasteiger partial charge on any atom is -0.268 e. The first-order chi connectivity index (χ1) is 11.5. The van der Waals surface area contributed by atoms with Crippen molar-refractivity contribution >= 4 is 51.7 Å². The fourth-order valence-corrected chi connectivity index (χ4v) is 3.66. The van der Waals surface area contributed by atoms with Gasteiger partial charge in [-0.15, -0.1) is 0 Å². The van der Waals surface area contributed by atoms with E-state index in [-0.39, 0.29) is 11.6 Å². The number of carbonyl (C=O) groups is 1. The summed E-state index contributed by atoms with van der Waals surface area (Å²) in [6.45, 7) is 1.93. The van der Waals surface area contributed by atoms with E-state index >= 15 is 0 Å². The van der Waals surface area contributed by atoms with Crippen LogP contribution in [0.3, 0.4) is 0 Å². The molecule has 0 bridgehead atoms. The van der Waals surface area contributed by atoms with E-state index in [1.165, 1.54) is 17.0 Å². The van der Waals surface area contributed by atoms with Crippen LogP contribution in [0, 0.1) is 17.0 Å². The summed E-state index contributed by atoms with van der Waals surface area (Å²) in [4.78, 5) is 25.2. The van der Waals surface area contributed by atoms with Crippen LogP contribution in [0.4, 0.5) is 11.4 Å². The lowest BCUT2D eigenvalue weighted by molar-refractivity contribution is -0.385. The Morgan fingerprint density at radius 3 is 2.67 bits per heavy atom. The van der Waals surface area contributed by atoms with Gasteiger partial charge in [0, 0.05) is 6.07 Å². The summed E-state index contributed by atoms with van der Waals surface area (Å²) in [5.74, 6) is -0.270. The number of para-hydroxylation sites is 1. The van der Waals surface area contributed by atoms with Crippen molar-refractivity contribution in [3.8, 4) is 0 Å². The fraction of sp³-hybridized carbons (Fsp3) is 0.0588. The van der Waals surface area contributed by atoms with Crippen molar-refractivity contribution < 1.29 is 9.72 Å². The summed E-state index contributed by atoms with van der Waals surface area (Å²) in [5, 5.41) is 11.1. The standard InChI is InChI=1S/C17H12N2O3S2/c1-11-5-4-7-13(9-11)18-16(20)15(24-17(18)23)10-12-6-2-3-8-14(12)19(21)22/h2-10H,1H3/b15-10-. The summed E-state index contributed by atoms with van der Waals surface area (Å²) in [6, 6.07) is 13.8. The number of carbonyl (C=O) groups excluding carboxylic acids is 1. The summed E-state index contributed by atoms with van der Waals surface area (Å²) < 4.78 is 0.412. The number of thioether (sulfide) groups is 1. The van der Waals surface area contributed by atoms with Gasteiger partial charge in [0.05, 0.1) is 21.1 Å². The number of anilines is 1. The van der Waals surface area contributed by atoms with E-state index in [4.69, 9.17) is 12.2 Å². The number of aryl methyl sites for hydroxylation is 1. The molecule has 0 aliphatic carbocycles. The molecule has 1 saturated heterocycles. The SMILES string of the molecule is Cc1cccc(N2C(=O)/C(=C/c3ccccc3[N+](=O)[O-])SC2=S)c1. The third kappa shape index (κ3) is 3.08. The third-order valence-corrected chi connectivity index (χ3v) is 4.78. The molecule has 1 fully saturated rings. The van der Waals surface area contributed by atoms with Gasteiger partial charge in [-0.1, -0.05) is 48.2 Å². The van der Waals surface area contributed by atoms with Gasteiger partial charge in [0.2, 0.25) is 0 Å². The highest BCUT2D eigenvalue weighted by Crippen LogP contribution is 2.37. The van der Waals surface area contributed by atoms with Crippen LogP contribution in [-0.4, -0.2) is 15.2 Å². The molecule has 5 nitrogen and oxygen atoms in total. The van der Waals surface area contributed by atoms with Gasteiger partial charge in [0.25, 0.3) is 11.6 Å². The Hall–Kier alpha value is -2.51. The predicted octanol–water partition coefficient (Wildman–Crippen LogP) is 4.31. The zero-order chi connectivity index (χ0) is 17.3. The molecule has 0 aromatic heterocycles. The highest BCUT2D eigenvalue weighted by Gasteiger charge is 2.33. The molecule has 0 radical (unpaired) electrons. The highest BCUT2D eigenvalue weighted by molar-refractivity contribution is 8.27.